The number of esters is 1. The minimum Gasteiger partial charge on any atom is -0.508 e. The quantitative estimate of drug-likeness (QED) is 0.0938. The molecule has 0 saturated carbocycles. The van der Waals surface area contributed by atoms with Gasteiger partial charge in [-0.3, -0.25) is 14.4 Å². The van der Waals surface area contributed by atoms with Gasteiger partial charge in [-0.05, 0) is 69.8 Å². The van der Waals surface area contributed by atoms with Crippen molar-refractivity contribution < 1.29 is 43.7 Å². The number of alkyl carbamates (subject to hydrolysis) is 1. The molecule has 14 nitrogen and oxygen atoms in total. The summed E-state index contributed by atoms with van der Waals surface area (Å²) in [5.41, 5.74) is 6.10. The number of rotatable bonds is 17. The largest absolute Gasteiger partial charge is 0.508 e. The Morgan fingerprint density at radius 2 is 1.28 bits per heavy atom. The van der Waals surface area contributed by atoms with Crippen LogP contribution >= 0.6 is 0 Å². The van der Waals surface area contributed by atoms with Gasteiger partial charge in [0, 0.05) is 12.8 Å². The molecular weight excluding hydrogens is 610 g/mol. The second-order valence-corrected chi connectivity index (χ2v) is 11.9. The van der Waals surface area contributed by atoms with E-state index in [1.54, 1.807) is 63.2 Å². The van der Waals surface area contributed by atoms with Crippen LogP contribution in [0.5, 0.6) is 5.75 Å². The summed E-state index contributed by atoms with van der Waals surface area (Å²) in [7, 11) is 1.15. The molecule has 14 heteroatoms. The van der Waals surface area contributed by atoms with Gasteiger partial charge in [-0.1, -0.05) is 42.5 Å². The first-order chi connectivity index (χ1) is 22.3. The summed E-state index contributed by atoms with van der Waals surface area (Å²) in [6, 6.07) is 9.87. The molecule has 4 amide bonds. The van der Waals surface area contributed by atoms with Gasteiger partial charge in [0.25, 0.3) is 0 Å². The molecule has 0 radical (unpaired) electrons. The lowest BCUT2D eigenvalue weighted by Gasteiger charge is -2.26. The van der Waals surface area contributed by atoms with Crippen LogP contribution in [0.2, 0.25) is 0 Å². The number of carbonyl (C=O) groups excluding carboxylic acids is 5. The summed E-state index contributed by atoms with van der Waals surface area (Å²) in [4.78, 5) is 65.3. The summed E-state index contributed by atoms with van der Waals surface area (Å²) in [5, 5.41) is 29.8. The number of amides is 4. The molecule has 0 aliphatic heterocycles. The van der Waals surface area contributed by atoms with Crippen molar-refractivity contribution in [1.82, 2.24) is 21.3 Å². The maximum Gasteiger partial charge on any atom is 0.408 e. The lowest BCUT2D eigenvalue weighted by molar-refractivity contribution is -0.145. The highest BCUT2D eigenvalue weighted by atomic mass is 16.6. The van der Waals surface area contributed by atoms with E-state index in [0.717, 1.165) is 7.11 Å². The average molecular weight is 658 g/mol. The number of benzene rings is 2. The third-order valence-corrected chi connectivity index (χ3v) is 6.86. The molecule has 0 unspecified atom stereocenters. The van der Waals surface area contributed by atoms with Gasteiger partial charge in [0.1, 0.15) is 35.5 Å². The summed E-state index contributed by atoms with van der Waals surface area (Å²) in [5.74, 6) is -3.06. The van der Waals surface area contributed by atoms with E-state index < -0.39 is 66.2 Å². The Morgan fingerprint density at radius 3 is 1.85 bits per heavy atom. The fourth-order valence-electron chi connectivity index (χ4n) is 4.48. The number of aliphatic hydroxyl groups excluding tert-OH is 1. The van der Waals surface area contributed by atoms with Crippen LogP contribution in [0, 0.1) is 0 Å². The normalized spacial score (nSPS) is 13.7. The molecule has 0 aromatic heterocycles. The molecule has 2 rings (SSSR count). The highest BCUT2D eigenvalue weighted by Crippen LogP contribution is 2.13. The van der Waals surface area contributed by atoms with Crippen LogP contribution in [0.1, 0.15) is 51.2 Å². The topological polar surface area (TPSA) is 218 Å². The van der Waals surface area contributed by atoms with Crippen LogP contribution < -0.4 is 27.0 Å². The monoisotopic (exact) mass is 657 g/mol. The maximum absolute atomic E-state index is 13.6. The van der Waals surface area contributed by atoms with E-state index in [1.807, 2.05) is 0 Å². The number of aromatic hydroxyl groups is 1. The van der Waals surface area contributed by atoms with Gasteiger partial charge in [0.05, 0.1) is 13.7 Å². The predicted octanol–water partition coefficient (Wildman–Crippen LogP) is 0.819. The van der Waals surface area contributed by atoms with Gasteiger partial charge in [-0.15, -0.1) is 0 Å². The van der Waals surface area contributed by atoms with Gasteiger partial charge in [-0.25, -0.2) is 9.59 Å². The first kappa shape index (κ1) is 38.5. The van der Waals surface area contributed by atoms with E-state index in [2.05, 4.69) is 21.3 Å². The summed E-state index contributed by atoms with van der Waals surface area (Å²) >= 11 is 0. The minimum absolute atomic E-state index is 0.00761. The molecule has 0 fully saturated rings. The smallest absolute Gasteiger partial charge is 0.408 e. The Morgan fingerprint density at radius 1 is 0.745 bits per heavy atom. The Hall–Kier alpha value is -4.69. The third kappa shape index (κ3) is 14.1. The van der Waals surface area contributed by atoms with E-state index in [4.69, 9.17) is 15.2 Å². The number of aliphatic hydroxyl groups is 1. The van der Waals surface area contributed by atoms with Gasteiger partial charge in [0.15, 0.2) is 0 Å². The van der Waals surface area contributed by atoms with Crippen molar-refractivity contribution in [1.29, 1.82) is 0 Å². The molecular formula is C33H47N5O9. The molecule has 47 heavy (non-hydrogen) atoms. The molecule has 258 valence electrons. The Labute approximate surface area is 274 Å². The molecule has 0 heterocycles. The number of nitrogens with one attached hydrogen (secondary N) is 4. The van der Waals surface area contributed by atoms with Crippen molar-refractivity contribution in [3.63, 3.8) is 0 Å². The van der Waals surface area contributed by atoms with Crippen molar-refractivity contribution in [2.75, 3.05) is 20.3 Å². The van der Waals surface area contributed by atoms with Crippen molar-refractivity contribution in [3.05, 3.63) is 65.7 Å². The Bertz CT molecular complexity index is 1320. The highest BCUT2D eigenvalue weighted by molar-refractivity contribution is 5.95. The van der Waals surface area contributed by atoms with E-state index in [0.29, 0.717) is 30.5 Å². The van der Waals surface area contributed by atoms with Crippen LogP contribution in [0.4, 0.5) is 4.79 Å². The molecule has 0 spiro atoms. The van der Waals surface area contributed by atoms with Gasteiger partial charge < -0.3 is 46.7 Å². The number of ether oxygens (including phenoxy) is 2. The van der Waals surface area contributed by atoms with E-state index >= 15 is 0 Å². The third-order valence-electron chi connectivity index (χ3n) is 6.86. The first-order valence-electron chi connectivity index (χ1n) is 15.4. The Balaban J connectivity index is 2.24. The van der Waals surface area contributed by atoms with Crippen LogP contribution in [-0.4, -0.2) is 90.0 Å². The molecule has 2 aromatic rings. The van der Waals surface area contributed by atoms with E-state index in [9.17, 15) is 34.2 Å². The fourth-order valence-corrected chi connectivity index (χ4v) is 4.48. The van der Waals surface area contributed by atoms with Gasteiger partial charge in [0.2, 0.25) is 17.7 Å². The minimum atomic E-state index is -1.50. The standard InChI is InChI=1S/C33H47N5O9/c1-33(2,3)47-32(45)38-24(12-8-9-17-34)28(41)35-25(18-21-10-6-5-7-11-21)29(42)37-27(20-39)30(43)36-26(31(44)46-4)19-22-13-15-23(40)16-14-22/h5-7,10-11,13-16,24-27,39-40H,8-9,12,17-20,34H2,1-4H3,(H,35,41)(H,36,43)(H,37,42)(H,38,45)/t24-,25-,26-,27-/m0/s1. The van der Waals surface area contributed by atoms with Gasteiger partial charge >= 0.3 is 12.1 Å². The zero-order chi connectivity index (χ0) is 35.0. The zero-order valence-corrected chi connectivity index (χ0v) is 27.3. The number of phenols is 1. The first-order valence-corrected chi connectivity index (χ1v) is 15.4. The van der Waals surface area contributed by atoms with Crippen molar-refractivity contribution in [3.8, 4) is 5.75 Å². The molecule has 2 aromatic carbocycles. The van der Waals surface area contributed by atoms with Crippen molar-refractivity contribution in [2.24, 2.45) is 5.73 Å². The molecule has 0 bridgehead atoms. The summed E-state index contributed by atoms with van der Waals surface area (Å²) < 4.78 is 10.1. The summed E-state index contributed by atoms with van der Waals surface area (Å²) in [6.45, 7) is 4.62. The van der Waals surface area contributed by atoms with Crippen LogP contribution in [-0.2, 0) is 41.5 Å². The van der Waals surface area contributed by atoms with Crippen LogP contribution in [0.3, 0.4) is 0 Å². The number of methoxy groups -OCH3 is 1. The summed E-state index contributed by atoms with van der Waals surface area (Å²) in [6.07, 6.45) is 0.552. The number of hydrogen-bond donors (Lipinski definition) is 7. The molecule has 0 aliphatic rings. The molecule has 8 N–H and O–H groups in total. The Kier molecular flexibility index (Phi) is 15.6. The van der Waals surface area contributed by atoms with E-state index in [-0.39, 0.29) is 25.0 Å². The highest BCUT2D eigenvalue weighted by Gasteiger charge is 2.32. The number of phenolic OH excluding ortho intramolecular Hbond substituents is 1. The molecule has 0 aliphatic carbocycles. The van der Waals surface area contributed by atoms with Crippen molar-refractivity contribution in [2.45, 2.75) is 82.6 Å². The number of carbonyl (C=O) groups is 5. The fraction of sp³-hybridized carbons (Fsp3) is 0.485. The molecule has 4 atom stereocenters. The van der Waals surface area contributed by atoms with Crippen LogP contribution in [0.15, 0.2) is 54.6 Å². The number of nitrogens with two attached hydrogens (primary N) is 1. The van der Waals surface area contributed by atoms with E-state index in [1.165, 1.54) is 12.1 Å². The number of unbranched alkanes of at least 4 members (excludes halogenated alkanes) is 1. The average Bonchev–Trinajstić information content (AvgIpc) is 3.02. The molecule has 0 saturated heterocycles. The number of hydrogen-bond acceptors (Lipinski definition) is 10. The second kappa shape index (κ2) is 19.1. The maximum atomic E-state index is 13.6. The SMILES string of the molecule is COC(=O)[C@H](Cc1ccc(O)cc1)NC(=O)[C@H](CO)NC(=O)[C@H](Cc1ccccc1)NC(=O)[C@H](CCCCN)NC(=O)OC(C)(C)C. The lowest BCUT2D eigenvalue weighted by Crippen LogP contribution is -2.59. The second-order valence-electron chi connectivity index (χ2n) is 11.9. The predicted molar refractivity (Wildman–Crippen MR) is 173 cm³/mol. The van der Waals surface area contributed by atoms with Gasteiger partial charge in [-0.2, -0.15) is 0 Å². The lowest BCUT2D eigenvalue weighted by atomic mass is 10.0. The zero-order valence-electron chi connectivity index (χ0n) is 27.3. The van der Waals surface area contributed by atoms with Crippen molar-refractivity contribution >= 4 is 29.8 Å². The van der Waals surface area contributed by atoms with Crippen LogP contribution in [0.25, 0.3) is 0 Å².